The Morgan fingerprint density at radius 2 is 1.82 bits per heavy atom. The van der Waals surface area contributed by atoms with Crippen molar-refractivity contribution in [2.24, 2.45) is 0 Å². The Bertz CT molecular complexity index is 1250. The second-order valence-corrected chi connectivity index (χ2v) is 9.46. The summed E-state index contributed by atoms with van der Waals surface area (Å²) in [6, 6.07) is 9.70. The van der Waals surface area contributed by atoms with E-state index in [2.05, 4.69) is 25.6 Å². The number of nitrogens with zero attached hydrogens (tertiary/aromatic N) is 4. The highest BCUT2D eigenvalue weighted by molar-refractivity contribution is 7.92. The molecular formula is C21H23F3N6O3S. The van der Waals surface area contributed by atoms with Crippen molar-refractivity contribution >= 4 is 33.3 Å². The molecule has 0 bridgehead atoms. The van der Waals surface area contributed by atoms with Crippen LogP contribution in [0.1, 0.15) is 29.7 Å². The number of aliphatic hydroxyl groups excluding tert-OH is 1. The highest BCUT2D eigenvalue weighted by Crippen LogP contribution is 2.34. The van der Waals surface area contributed by atoms with Gasteiger partial charge < -0.3 is 15.7 Å². The van der Waals surface area contributed by atoms with Crippen LogP contribution >= 0.6 is 0 Å². The van der Waals surface area contributed by atoms with Gasteiger partial charge in [-0.15, -0.1) is 0 Å². The molecule has 1 atom stereocenters. The molecule has 0 saturated carbocycles. The van der Waals surface area contributed by atoms with Crippen LogP contribution in [0.5, 0.6) is 0 Å². The van der Waals surface area contributed by atoms with E-state index in [0.717, 1.165) is 10.6 Å². The number of halogens is 3. The summed E-state index contributed by atoms with van der Waals surface area (Å²) in [5.74, 6) is -0.487. The summed E-state index contributed by atoms with van der Waals surface area (Å²) in [6.07, 6.45) is -2.34. The quantitative estimate of drug-likeness (QED) is 0.432. The zero-order valence-corrected chi connectivity index (χ0v) is 19.3. The Balaban J connectivity index is 1.89. The maximum Gasteiger partial charge on any atom is 0.421 e. The van der Waals surface area contributed by atoms with Crippen LogP contribution in [0, 0.1) is 0 Å². The van der Waals surface area contributed by atoms with Gasteiger partial charge in [-0.1, -0.05) is 18.2 Å². The van der Waals surface area contributed by atoms with E-state index >= 15 is 0 Å². The molecule has 0 aliphatic rings. The fourth-order valence-corrected chi connectivity index (χ4v) is 3.42. The molecule has 0 fully saturated rings. The molecule has 1 unspecified atom stereocenters. The first-order chi connectivity index (χ1) is 15.9. The van der Waals surface area contributed by atoms with Crippen LogP contribution in [0.2, 0.25) is 0 Å². The molecule has 0 amide bonds. The lowest BCUT2D eigenvalue weighted by atomic mass is 10.1. The van der Waals surface area contributed by atoms with Crippen LogP contribution in [0.25, 0.3) is 0 Å². The van der Waals surface area contributed by atoms with Crippen LogP contribution < -0.4 is 14.9 Å². The van der Waals surface area contributed by atoms with Gasteiger partial charge in [-0.05, 0) is 30.7 Å². The van der Waals surface area contributed by atoms with E-state index in [0.29, 0.717) is 23.0 Å². The van der Waals surface area contributed by atoms with Crippen molar-refractivity contribution in [1.82, 2.24) is 15.0 Å². The number of aromatic nitrogens is 3. The second kappa shape index (κ2) is 9.81. The molecule has 0 radical (unpaired) electrons. The molecule has 0 aliphatic carbocycles. The monoisotopic (exact) mass is 496 g/mol. The molecule has 34 heavy (non-hydrogen) atoms. The minimum absolute atomic E-state index is 0.0802. The summed E-state index contributed by atoms with van der Waals surface area (Å²) < 4.78 is 65.4. The van der Waals surface area contributed by atoms with Crippen molar-refractivity contribution in [2.75, 3.05) is 28.2 Å². The van der Waals surface area contributed by atoms with E-state index in [9.17, 15) is 26.7 Å². The van der Waals surface area contributed by atoms with E-state index in [1.54, 1.807) is 43.3 Å². The number of sulfonamides is 1. The number of aliphatic hydroxyl groups is 1. The molecule has 3 rings (SSSR count). The van der Waals surface area contributed by atoms with Gasteiger partial charge in [0, 0.05) is 37.2 Å². The SMILES string of the molecule is CC(O)c1ccc(Nc2ncc(C(F)(F)F)c(NCc3cccnc3N(C)S(C)(=O)=O)n2)cc1. The van der Waals surface area contributed by atoms with Crippen molar-refractivity contribution in [3.63, 3.8) is 0 Å². The third-order valence-corrected chi connectivity index (χ3v) is 6.02. The van der Waals surface area contributed by atoms with Crippen LogP contribution in [-0.2, 0) is 22.7 Å². The Morgan fingerprint density at radius 1 is 1.15 bits per heavy atom. The minimum atomic E-state index is -4.72. The maximum absolute atomic E-state index is 13.6. The molecule has 0 spiro atoms. The average molecular weight is 497 g/mol. The number of hydrogen-bond acceptors (Lipinski definition) is 8. The highest BCUT2D eigenvalue weighted by Gasteiger charge is 2.35. The number of alkyl halides is 3. The van der Waals surface area contributed by atoms with E-state index < -0.39 is 33.7 Å². The van der Waals surface area contributed by atoms with Crippen LogP contribution in [-0.4, -0.2) is 41.8 Å². The zero-order valence-electron chi connectivity index (χ0n) is 18.5. The summed E-state index contributed by atoms with van der Waals surface area (Å²) in [7, 11) is -2.33. The molecule has 3 N–H and O–H groups in total. The average Bonchev–Trinajstić information content (AvgIpc) is 2.76. The lowest BCUT2D eigenvalue weighted by molar-refractivity contribution is -0.137. The number of hydrogen-bond donors (Lipinski definition) is 3. The van der Waals surface area contributed by atoms with Gasteiger partial charge in [-0.2, -0.15) is 18.2 Å². The van der Waals surface area contributed by atoms with Crippen LogP contribution in [0.4, 0.5) is 36.4 Å². The fourth-order valence-electron chi connectivity index (χ4n) is 2.95. The standard InChI is InChI=1S/C21H23F3N6O3S/c1-13(31)14-6-8-16(9-7-14)28-20-27-12-17(21(22,23)24)18(29-20)26-11-15-5-4-10-25-19(15)30(2)34(3,32)33/h4-10,12-13,31H,11H2,1-3H3,(H2,26,27,28,29). The molecule has 2 aromatic heterocycles. The highest BCUT2D eigenvalue weighted by atomic mass is 32.2. The van der Waals surface area contributed by atoms with Crippen molar-refractivity contribution in [2.45, 2.75) is 25.7 Å². The first kappa shape index (κ1) is 25.2. The van der Waals surface area contributed by atoms with Gasteiger partial charge in [-0.25, -0.2) is 18.4 Å². The predicted octanol–water partition coefficient (Wildman–Crippen LogP) is 3.70. The molecule has 2 heterocycles. The van der Waals surface area contributed by atoms with Gasteiger partial charge >= 0.3 is 6.18 Å². The number of rotatable bonds is 8. The van der Waals surface area contributed by atoms with E-state index in [1.165, 1.54) is 13.2 Å². The number of anilines is 4. The second-order valence-electron chi connectivity index (χ2n) is 7.45. The van der Waals surface area contributed by atoms with Gasteiger partial charge in [-0.3, -0.25) is 4.31 Å². The van der Waals surface area contributed by atoms with E-state index in [4.69, 9.17) is 0 Å². The zero-order chi connectivity index (χ0) is 25.1. The lowest BCUT2D eigenvalue weighted by Gasteiger charge is -2.20. The normalized spacial score (nSPS) is 12.8. The van der Waals surface area contributed by atoms with Crippen molar-refractivity contribution in [1.29, 1.82) is 0 Å². The summed E-state index contributed by atoms with van der Waals surface area (Å²) in [5.41, 5.74) is 0.460. The minimum Gasteiger partial charge on any atom is -0.389 e. The third-order valence-electron chi connectivity index (χ3n) is 4.85. The largest absolute Gasteiger partial charge is 0.421 e. The third kappa shape index (κ3) is 6.11. The topological polar surface area (TPSA) is 120 Å². The molecule has 13 heteroatoms. The van der Waals surface area contributed by atoms with Crippen molar-refractivity contribution in [3.8, 4) is 0 Å². The summed E-state index contributed by atoms with van der Waals surface area (Å²) in [4.78, 5) is 11.8. The Kier molecular flexibility index (Phi) is 7.26. The van der Waals surface area contributed by atoms with Crippen LogP contribution in [0.15, 0.2) is 48.8 Å². The lowest BCUT2D eigenvalue weighted by Crippen LogP contribution is -2.27. The summed E-state index contributed by atoms with van der Waals surface area (Å²) in [5, 5.41) is 15.1. The van der Waals surface area contributed by atoms with Gasteiger partial charge in [0.15, 0.2) is 0 Å². The fraction of sp³-hybridized carbons (Fsp3) is 0.286. The Morgan fingerprint density at radius 3 is 2.41 bits per heavy atom. The van der Waals surface area contributed by atoms with Crippen molar-refractivity contribution < 1.29 is 26.7 Å². The van der Waals surface area contributed by atoms with Gasteiger partial charge in [0.25, 0.3) is 0 Å². The van der Waals surface area contributed by atoms with E-state index in [-0.39, 0.29) is 18.3 Å². The first-order valence-corrected chi connectivity index (χ1v) is 11.8. The summed E-state index contributed by atoms with van der Waals surface area (Å²) >= 11 is 0. The Hall–Kier alpha value is -3.45. The van der Waals surface area contributed by atoms with Gasteiger partial charge in [0.1, 0.15) is 17.2 Å². The van der Waals surface area contributed by atoms with Crippen molar-refractivity contribution in [3.05, 3.63) is 65.5 Å². The molecule has 182 valence electrons. The predicted molar refractivity (Wildman–Crippen MR) is 122 cm³/mol. The molecule has 3 aromatic rings. The molecule has 9 nitrogen and oxygen atoms in total. The molecule has 1 aromatic carbocycles. The number of nitrogens with one attached hydrogen (secondary N) is 2. The molecule has 0 saturated heterocycles. The van der Waals surface area contributed by atoms with Gasteiger partial charge in [0.05, 0.1) is 12.4 Å². The van der Waals surface area contributed by atoms with Crippen LogP contribution in [0.3, 0.4) is 0 Å². The number of pyridine rings is 1. The first-order valence-electron chi connectivity index (χ1n) is 9.97. The molecule has 0 aliphatic heterocycles. The van der Waals surface area contributed by atoms with E-state index in [1.807, 2.05) is 0 Å². The number of benzene rings is 1. The Labute approximate surface area is 194 Å². The van der Waals surface area contributed by atoms with Gasteiger partial charge in [0.2, 0.25) is 16.0 Å². The summed E-state index contributed by atoms with van der Waals surface area (Å²) in [6.45, 7) is 1.44. The molecular weight excluding hydrogens is 473 g/mol. The maximum atomic E-state index is 13.6. The smallest absolute Gasteiger partial charge is 0.389 e.